The van der Waals surface area contributed by atoms with Crippen LogP contribution in [0.5, 0.6) is 0 Å². The third-order valence-corrected chi connectivity index (χ3v) is 2.80. The first-order valence-electron chi connectivity index (χ1n) is 7.05. The van der Waals surface area contributed by atoms with Gasteiger partial charge in [0.25, 0.3) is 0 Å². The zero-order valence-corrected chi connectivity index (χ0v) is 12.9. The molecule has 19 heavy (non-hydrogen) atoms. The molecule has 0 saturated carbocycles. The monoisotopic (exact) mass is 268 g/mol. The first kappa shape index (κ1) is 16.0. The van der Waals surface area contributed by atoms with Crippen molar-refractivity contribution in [1.29, 1.82) is 0 Å². The standard InChI is InChI=1S/C14H28N4O/c1-6-19-9-7-8-18-11-13(3)16-14(18)15-12(2)10-17(4)5/h11-12H,6-10H2,1-5H3,(H,15,16). The molecule has 0 fully saturated rings. The molecule has 0 aliphatic carbocycles. The Kier molecular flexibility index (Phi) is 6.87. The van der Waals surface area contributed by atoms with Gasteiger partial charge in [0.1, 0.15) is 0 Å². The van der Waals surface area contributed by atoms with Crippen LogP contribution < -0.4 is 5.32 Å². The number of rotatable bonds is 9. The van der Waals surface area contributed by atoms with Crippen molar-refractivity contribution >= 4 is 5.95 Å². The van der Waals surface area contributed by atoms with Crippen LogP contribution in [0.1, 0.15) is 26.0 Å². The van der Waals surface area contributed by atoms with Crippen molar-refractivity contribution in [3.05, 3.63) is 11.9 Å². The van der Waals surface area contributed by atoms with E-state index < -0.39 is 0 Å². The fraction of sp³-hybridized carbons (Fsp3) is 0.786. The van der Waals surface area contributed by atoms with Crippen molar-refractivity contribution in [3.63, 3.8) is 0 Å². The van der Waals surface area contributed by atoms with E-state index in [9.17, 15) is 0 Å². The average molecular weight is 268 g/mol. The molecule has 1 atom stereocenters. The fourth-order valence-corrected chi connectivity index (χ4v) is 2.13. The molecule has 0 saturated heterocycles. The Morgan fingerprint density at radius 1 is 1.47 bits per heavy atom. The topological polar surface area (TPSA) is 42.3 Å². The summed E-state index contributed by atoms with van der Waals surface area (Å²) in [6.07, 6.45) is 3.11. The minimum Gasteiger partial charge on any atom is -0.382 e. The van der Waals surface area contributed by atoms with Crippen LogP contribution in [-0.4, -0.2) is 54.3 Å². The van der Waals surface area contributed by atoms with Crippen molar-refractivity contribution in [2.75, 3.05) is 39.2 Å². The SMILES string of the molecule is CCOCCCn1cc(C)nc1NC(C)CN(C)C. The molecule has 0 amide bonds. The predicted molar refractivity (Wildman–Crippen MR) is 79.7 cm³/mol. The van der Waals surface area contributed by atoms with Gasteiger partial charge in [0.05, 0.1) is 5.69 Å². The van der Waals surface area contributed by atoms with Gasteiger partial charge in [0.15, 0.2) is 0 Å². The Labute approximate surface area is 117 Å². The van der Waals surface area contributed by atoms with Crippen LogP contribution in [0.15, 0.2) is 6.20 Å². The molecule has 0 radical (unpaired) electrons. The van der Waals surface area contributed by atoms with Gasteiger partial charge in [-0.05, 0) is 41.3 Å². The van der Waals surface area contributed by atoms with Gasteiger partial charge in [-0.15, -0.1) is 0 Å². The number of anilines is 1. The van der Waals surface area contributed by atoms with E-state index in [4.69, 9.17) is 4.74 Å². The Bertz CT molecular complexity index is 362. The molecule has 1 heterocycles. The lowest BCUT2D eigenvalue weighted by atomic mass is 10.3. The molecule has 0 aliphatic heterocycles. The number of hydrogen-bond acceptors (Lipinski definition) is 4. The normalized spacial score (nSPS) is 12.9. The first-order valence-corrected chi connectivity index (χ1v) is 7.05. The van der Waals surface area contributed by atoms with E-state index in [0.717, 1.165) is 44.4 Å². The fourth-order valence-electron chi connectivity index (χ4n) is 2.13. The van der Waals surface area contributed by atoms with Crippen LogP contribution in [-0.2, 0) is 11.3 Å². The summed E-state index contributed by atoms with van der Waals surface area (Å²) in [5.41, 5.74) is 1.05. The molecule has 1 unspecified atom stereocenters. The lowest BCUT2D eigenvalue weighted by Gasteiger charge is -2.19. The number of likely N-dealkylation sites (N-methyl/N-ethyl adjacent to an activating group) is 1. The molecule has 1 aromatic rings. The molecular formula is C14H28N4O. The van der Waals surface area contributed by atoms with E-state index in [1.165, 1.54) is 0 Å². The summed E-state index contributed by atoms with van der Waals surface area (Å²) < 4.78 is 7.56. The predicted octanol–water partition coefficient (Wildman–Crippen LogP) is 1.98. The van der Waals surface area contributed by atoms with Gasteiger partial charge in [-0.3, -0.25) is 0 Å². The number of imidazole rings is 1. The maximum atomic E-state index is 5.37. The molecule has 1 rings (SSSR count). The van der Waals surface area contributed by atoms with Crippen LogP contribution >= 0.6 is 0 Å². The Hall–Kier alpha value is -1.07. The highest BCUT2D eigenvalue weighted by molar-refractivity contribution is 5.30. The van der Waals surface area contributed by atoms with Gasteiger partial charge < -0.3 is 19.5 Å². The van der Waals surface area contributed by atoms with E-state index in [-0.39, 0.29) is 0 Å². The van der Waals surface area contributed by atoms with Gasteiger partial charge in [-0.2, -0.15) is 0 Å². The third-order valence-electron chi connectivity index (χ3n) is 2.80. The molecule has 0 spiro atoms. The van der Waals surface area contributed by atoms with Gasteiger partial charge in [-0.1, -0.05) is 0 Å². The van der Waals surface area contributed by atoms with Crippen molar-refractivity contribution in [3.8, 4) is 0 Å². The first-order chi connectivity index (χ1) is 9.02. The number of nitrogens with zero attached hydrogens (tertiary/aromatic N) is 3. The second kappa shape index (κ2) is 8.17. The highest BCUT2D eigenvalue weighted by Gasteiger charge is 2.09. The molecule has 1 aromatic heterocycles. The maximum absolute atomic E-state index is 5.37. The zero-order chi connectivity index (χ0) is 14.3. The van der Waals surface area contributed by atoms with Gasteiger partial charge in [0, 0.05) is 38.5 Å². The van der Waals surface area contributed by atoms with Crippen molar-refractivity contribution in [2.24, 2.45) is 0 Å². The molecule has 5 nitrogen and oxygen atoms in total. The van der Waals surface area contributed by atoms with Gasteiger partial charge in [0.2, 0.25) is 5.95 Å². The summed E-state index contributed by atoms with van der Waals surface area (Å²) in [4.78, 5) is 6.72. The van der Waals surface area contributed by atoms with E-state index in [0.29, 0.717) is 6.04 Å². The Morgan fingerprint density at radius 3 is 2.84 bits per heavy atom. The summed E-state index contributed by atoms with van der Waals surface area (Å²) in [6, 6.07) is 0.377. The van der Waals surface area contributed by atoms with Crippen molar-refractivity contribution < 1.29 is 4.74 Å². The molecule has 110 valence electrons. The van der Waals surface area contributed by atoms with Crippen LogP contribution in [0.3, 0.4) is 0 Å². The van der Waals surface area contributed by atoms with E-state index in [1.54, 1.807) is 0 Å². The maximum Gasteiger partial charge on any atom is 0.203 e. The number of nitrogens with one attached hydrogen (secondary N) is 1. The van der Waals surface area contributed by atoms with E-state index >= 15 is 0 Å². The van der Waals surface area contributed by atoms with Crippen molar-refractivity contribution in [2.45, 2.75) is 39.8 Å². The van der Waals surface area contributed by atoms with Crippen molar-refractivity contribution in [1.82, 2.24) is 14.5 Å². The Balaban J connectivity index is 2.52. The van der Waals surface area contributed by atoms with Crippen LogP contribution in [0.2, 0.25) is 0 Å². The summed E-state index contributed by atoms with van der Waals surface area (Å²) in [5, 5.41) is 3.47. The quantitative estimate of drug-likeness (QED) is 0.695. The number of hydrogen-bond donors (Lipinski definition) is 1. The largest absolute Gasteiger partial charge is 0.382 e. The molecule has 1 N–H and O–H groups in total. The highest BCUT2D eigenvalue weighted by Crippen LogP contribution is 2.11. The average Bonchev–Trinajstić information content (AvgIpc) is 2.64. The lowest BCUT2D eigenvalue weighted by Crippen LogP contribution is -2.30. The summed E-state index contributed by atoms with van der Waals surface area (Å²) in [6.45, 7) is 9.75. The van der Waals surface area contributed by atoms with Crippen LogP contribution in [0.25, 0.3) is 0 Å². The summed E-state index contributed by atoms with van der Waals surface area (Å²) in [7, 11) is 4.16. The summed E-state index contributed by atoms with van der Waals surface area (Å²) in [5.74, 6) is 0.961. The van der Waals surface area contributed by atoms with Crippen LogP contribution in [0, 0.1) is 6.92 Å². The molecule has 0 aromatic carbocycles. The molecule has 0 bridgehead atoms. The smallest absolute Gasteiger partial charge is 0.203 e. The second-order valence-electron chi connectivity index (χ2n) is 5.26. The molecule has 5 heteroatoms. The third kappa shape index (κ3) is 6.07. The highest BCUT2D eigenvalue weighted by atomic mass is 16.5. The molecule has 0 aliphatic rings. The zero-order valence-electron chi connectivity index (χ0n) is 12.9. The Morgan fingerprint density at radius 2 is 2.21 bits per heavy atom. The summed E-state index contributed by atoms with van der Waals surface area (Å²) >= 11 is 0. The van der Waals surface area contributed by atoms with Crippen LogP contribution in [0.4, 0.5) is 5.95 Å². The number of aryl methyl sites for hydroxylation is 2. The number of aromatic nitrogens is 2. The molecular weight excluding hydrogens is 240 g/mol. The minimum absolute atomic E-state index is 0.377. The lowest BCUT2D eigenvalue weighted by molar-refractivity contribution is 0.142. The second-order valence-corrected chi connectivity index (χ2v) is 5.26. The van der Waals surface area contributed by atoms with Gasteiger partial charge in [-0.25, -0.2) is 4.98 Å². The van der Waals surface area contributed by atoms with E-state index in [1.807, 2.05) is 13.8 Å². The van der Waals surface area contributed by atoms with Gasteiger partial charge >= 0.3 is 0 Å². The number of ether oxygens (including phenoxy) is 1. The minimum atomic E-state index is 0.377. The van der Waals surface area contributed by atoms with E-state index in [2.05, 4.69) is 47.0 Å².